The summed E-state index contributed by atoms with van der Waals surface area (Å²) in [6.07, 6.45) is 5.66. The topological polar surface area (TPSA) is 127 Å². The summed E-state index contributed by atoms with van der Waals surface area (Å²) in [4.78, 5) is 44.2. The van der Waals surface area contributed by atoms with Crippen molar-refractivity contribution in [3.63, 3.8) is 0 Å². The quantitative estimate of drug-likeness (QED) is 0.351. The molecule has 0 saturated carbocycles. The van der Waals surface area contributed by atoms with E-state index in [4.69, 9.17) is 4.74 Å². The van der Waals surface area contributed by atoms with Crippen LogP contribution in [0.25, 0.3) is 10.9 Å². The number of hydrogen-bond acceptors (Lipinski definition) is 9. The number of nitrogens with zero attached hydrogens (tertiary/aromatic N) is 6. The molecular weight excluding hydrogens is 472 g/mol. The highest BCUT2D eigenvalue weighted by Crippen LogP contribution is 2.23. The summed E-state index contributed by atoms with van der Waals surface area (Å²) < 4.78 is 7.05. The zero-order valence-electron chi connectivity index (χ0n) is 20.8. The van der Waals surface area contributed by atoms with E-state index >= 15 is 0 Å². The number of imidazole rings is 1. The molecule has 0 fully saturated rings. The summed E-state index contributed by atoms with van der Waals surface area (Å²) in [7, 11) is 1.62. The Bertz CT molecular complexity index is 1450. The zero-order valence-corrected chi connectivity index (χ0v) is 20.8. The van der Waals surface area contributed by atoms with Gasteiger partial charge in [-0.3, -0.25) is 9.78 Å². The molecule has 0 radical (unpaired) electrons. The number of para-hydroxylation sites is 1. The van der Waals surface area contributed by atoms with Crippen molar-refractivity contribution in [2.75, 3.05) is 37.0 Å². The summed E-state index contributed by atoms with van der Waals surface area (Å²) in [5.41, 5.74) is 2.80. The lowest BCUT2D eigenvalue weighted by molar-refractivity contribution is 0.0519. The Morgan fingerprint density at radius 3 is 2.86 bits per heavy atom. The first kappa shape index (κ1) is 24.2. The van der Waals surface area contributed by atoms with Gasteiger partial charge in [0.1, 0.15) is 23.8 Å². The number of amides is 1. The first-order valence-corrected chi connectivity index (χ1v) is 12.2. The molecule has 0 atom stereocenters. The minimum Gasteiger partial charge on any atom is -0.461 e. The van der Waals surface area contributed by atoms with Gasteiger partial charge in [-0.2, -0.15) is 0 Å². The summed E-state index contributed by atoms with van der Waals surface area (Å²) in [5, 5.41) is 6.89. The highest BCUT2D eigenvalue weighted by molar-refractivity contribution is 6.06. The number of rotatable bonds is 8. The highest BCUT2D eigenvalue weighted by Gasteiger charge is 2.22. The zero-order chi connectivity index (χ0) is 25.8. The van der Waals surface area contributed by atoms with Crippen LogP contribution < -0.4 is 15.5 Å². The molecule has 11 nitrogen and oxygen atoms in total. The van der Waals surface area contributed by atoms with Crippen LogP contribution in [0.1, 0.15) is 39.2 Å². The standard InChI is InChI=1S/C26H28N8O3/c1-3-37-26(36)20-14-33-11-12-34(15-23(33)32-20)22-13-21(30-16-31-22)28-9-7-17-5-4-6-18-19(25(35)27-2)8-10-29-24(17)18/h4-6,8,10,13-14,16H,3,7,9,11-12,15H2,1-2H3,(H,27,35)(H,28,30,31). The van der Waals surface area contributed by atoms with Gasteiger partial charge in [-0.15, -0.1) is 0 Å². The van der Waals surface area contributed by atoms with E-state index in [1.807, 2.05) is 28.8 Å². The third-order valence-electron chi connectivity index (χ3n) is 6.29. The fraction of sp³-hybridized carbons (Fsp3) is 0.308. The van der Waals surface area contributed by atoms with Crippen LogP contribution in [-0.2, 0) is 24.2 Å². The Hall–Kier alpha value is -4.54. The number of esters is 1. The average Bonchev–Trinajstić information content (AvgIpc) is 3.36. The average molecular weight is 501 g/mol. The van der Waals surface area contributed by atoms with Gasteiger partial charge >= 0.3 is 5.97 Å². The largest absolute Gasteiger partial charge is 0.461 e. The molecule has 37 heavy (non-hydrogen) atoms. The van der Waals surface area contributed by atoms with Gasteiger partial charge in [0.15, 0.2) is 5.69 Å². The smallest absolute Gasteiger partial charge is 0.358 e. The number of benzene rings is 1. The van der Waals surface area contributed by atoms with Crippen molar-refractivity contribution in [1.29, 1.82) is 0 Å². The molecule has 2 N–H and O–H groups in total. The Balaban J connectivity index is 1.25. The molecule has 4 aromatic rings. The van der Waals surface area contributed by atoms with Gasteiger partial charge in [0, 0.05) is 50.5 Å². The van der Waals surface area contributed by atoms with Crippen LogP contribution in [0.3, 0.4) is 0 Å². The second-order valence-corrected chi connectivity index (χ2v) is 8.57. The highest BCUT2D eigenvalue weighted by atomic mass is 16.5. The van der Waals surface area contributed by atoms with Crippen molar-refractivity contribution in [3.05, 3.63) is 71.7 Å². The van der Waals surface area contributed by atoms with Crippen molar-refractivity contribution >= 4 is 34.4 Å². The molecule has 0 aliphatic carbocycles. The van der Waals surface area contributed by atoms with Gasteiger partial charge in [0.05, 0.1) is 24.2 Å². The van der Waals surface area contributed by atoms with Gasteiger partial charge < -0.3 is 24.8 Å². The molecule has 0 bridgehead atoms. The molecule has 0 saturated heterocycles. The molecule has 0 unspecified atom stereocenters. The third-order valence-corrected chi connectivity index (χ3v) is 6.29. The number of hydrogen-bond donors (Lipinski definition) is 2. The molecule has 1 aromatic carbocycles. The van der Waals surface area contributed by atoms with Crippen molar-refractivity contribution < 1.29 is 14.3 Å². The van der Waals surface area contributed by atoms with E-state index in [9.17, 15) is 9.59 Å². The van der Waals surface area contributed by atoms with Crippen molar-refractivity contribution in [3.8, 4) is 0 Å². The second kappa shape index (κ2) is 10.6. The predicted molar refractivity (Wildman–Crippen MR) is 139 cm³/mol. The van der Waals surface area contributed by atoms with Crippen LogP contribution >= 0.6 is 0 Å². The maximum absolute atomic E-state index is 12.2. The van der Waals surface area contributed by atoms with Crippen LogP contribution in [0.2, 0.25) is 0 Å². The van der Waals surface area contributed by atoms with Crippen LogP contribution in [0.15, 0.2) is 49.1 Å². The SMILES string of the molecule is CCOC(=O)c1cn2c(n1)CN(c1cc(NCCc3cccc4c(C(=O)NC)ccnc34)ncn1)CC2. The van der Waals surface area contributed by atoms with Gasteiger partial charge in [0.25, 0.3) is 5.91 Å². The molecule has 1 aliphatic heterocycles. The Labute approximate surface area is 213 Å². The fourth-order valence-electron chi connectivity index (χ4n) is 4.46. The third kappa shape index (κ3) is 5.06. The number of carbonyl (C=O) groups is 2. The molecule has 11 heteroatoms. The van der Waals surface area contributed by atoms with Crippen LogP contribution in [0.4, 0.5) is 11.6 Å². The number of pyridine rings is 1. The van der Waals surface area contributed by atoms with E-state index in [2.05, 4.69) is 35.5 Å². The molecular formula is C26H28N8O3. The summed E-state index contributed by atoms with van der Waals surface area (Å²) in [5.74, 6) is 1.75. The second-order valence-electron chi connectivity index (χ2n) is 8.57. The molecule has 1 aliphatic rings. The Morgan fingerprint density at radius 1 is 1.14 bits per heavy atom. The van der Waals surface area contributed by atoms with Gasteiger partial charge in [-0.1, -0.05) is 18.2 Å². The Morgan fingerprint density at radius 2 is 2.03 bits per heavy atom. The minimum absolute atomic E-state index is 0.131. The lowest BCUT2D eigenvalue weighted by Crippen LogP contribution is -2.34. The molecule has 5 rings (SSSR count). The lowest BCUT2D eigenvalue weighted by Gasteiger charge is -2.28. The lowest BCUT2D eigenvalue weighted by atomic mass is 10.0. The number of nitrogens with one attached hydrogen (secondary N) is 2. The molecule has 1 amide bonds. The van der Waals surface area contributed by atoms with E-state index < -0.39 is 5.97 Å². The maximum Gasteiger partial charge on any atom is 0.358 e. The van der Waals surface area contributed by atoms with Crippen LogP contribution in [0, 0.1) is 0 Å². The van der Waals surface area contributed by atoms with Crippen molar-refractivity contribution in [1.82, 2.24) is 29.8 Å². The summed E-state index contributed by atoms with van der Waals surface area (Å²) in [6.45, 7) is 4.69. The van der Waals surface area contributed by atoms with Gasteiger partial charge in [0.2, 0.25) is 0 Å². The first-order chi connectivity index (χ1) is 18.1. The van der Waals surface area contributed by atoms with Crippen LogP contribution in [-0.4, -0.2) is 63.1 Å². The van der Waals surface area contributed by atoms with E-state index in [0.29, 0.717) is 49.7 Å². The summed E-state index contributed by atoms with van der Waals surface area (Å²) >= 11 is 0. The number of anilines is 2. The van der Waals surface area contributed by atoms with Gasteiger partial charge in [-0.05, 0) is 25.0 Å². The molecule has 4 heterocycles. The Kier molecular flexibility index (Phi) is 6.93. The number of fused-ring (bicyclic) bond motifs is 2. The predicted octanol–water partition coefficient (Wildman–Crippen LogP) is 2.43. The molecule has 0 spiro atoms. The van der Waals surface area contributed by atoms with E-state index in [1.54, 1.807) is 32.4 Å². The van der Waals surface area contributed by atoms with E-state index in [0.717, 1.165) is 34.7 Å². The number of aromatic nitrogens is 5. The monoisotopic (exact) mass is 500 g/mol. The number of carbonyl (C=O) groups excluding carboxylic acids is 2. The first-order valence-electron chi connectivity index (χ1n) is 12.2. The normalized spacial score (nSPS) is 12.8. The summed E-state index contributed by atoms with van der Waals surface area (Å²) in [6, 6.07) is 9.53. The maximum atomic E-state index is 12.2. The number of ether oxygens (including phenoxy) is 1. The van der Waals surface area contributed by atoms with E-state index in [-0.39, 0.29) is 5.91 Å². The minimum atomic E-state index is -0.407. The van der Waals surface area contributed by atoms with Crippen molar-refractivity contribution in [2.24, 2.45) is 0 Å². The molecule has 190 valence electrons. The van der Waals surface area contributed by atoms with Crippen LogP contribution in [0.5, 0.6) is 0 Å². The van der Waals surface area contributed by atoms with E-state index in [1.165, 1.54) is 6.33 Å². The van der Waals surface area contributed by atoms with Crippen molar-refractivity contribution in [2.45, 2.75) is 26.4 Å². The molecule has 3 aromatic heterocycles. The fourth-order valence-corrected chi connectivity index (χ4v) is 4.46. The van der Waals surface area contributed by atoms with Gasteiger partial charge in [-0.25, -0.2) is 19.7 Å².